The van der Waals surface area contributed by atoms with Crippen molar-refractivity contribution in [3.8, 4) is 0 Å². The molecule has 1 aliphatic heterocycles. The number of carbonyl (C=O) groups is 1. The van der Waals surface area contributed by atoms with Crippen molar-refractivity contribution in [3.05, 3.63) is 32.9 Å². The van der Waals surface area contributed by atoms with Gasteiger partial charge in [-0.1, -0.05) is 13.8 Å². The maximum absolute atomic E-state index is 11.8. The van der Waals surface area contributed by atoms with Crippen LogP contribution in [0.5, 0.6) is 0 Å². The fourth-order valence-corrected chi connectivity index (χ4v) is 5.88. The molecule has 130 valence electrons. The van der Waals surface area contributed by atoms with Gasteiger partial charge in [-0.3, -0.25) is 0 Å². The molecule has 6 heteroatoms. The van der Waals surface area contributed by atoms with Crippen LogP contribution in [0.2, 0.25) is 0 Å². The molecule has 1 saturated carbocycles. The second kappa shape index (κ2) is 10.5. The van der Waals surface area contributed by atoms with E-state index in [0.717, 1.165) is 41.1 Å². The summed E-state index contributed by atoms with van der Waals surface area (Å²) in [4.78, 5) is 11.8. The van der Waals surface area contributed by atoms with E-state index in [1.165, 1.54) is 13.5 Å². The summed E-state index contributed by atoms with van der Waals surface area (Å²) < 4.78 is 8.84. The van der Waals surface area contributed by atoms with Crippen LogP contribution in [0.1, 0.15) is 52.4 Å². The molecule has 1 fully saturated rings. The molecule has 4 nitrogen and oxygen atoms in total. The number of nitrogens with two attached hydrogens (primary N) is 1. The first-order valence-corrected chi connectivity index (χ1v) is 10.8. The van der Waals surface area contributed by atoms with Crippen molar-refractivity contribution >= 4 is 37.1 Å². The van der Waals surface area contributed by atoms with Crippen molar-refractivity contribution in [3.63, 3.8) is 0 Å². The van der Waals surface area contributed by atoms with Crippen LogP contribution < -0.4 is 4.33 Å². The van der Waals surface area contributed by atoms with Gasteiger partial charge >= 0.3 is 140 Å². The van der Waals surface area contributed by atoms with Crippen molar-refractivity contribution in [2.24, 2.45) is 0 Å². The predicted molar refractivity (Wildman–Crippen MR) is 96.9 cm³/mol. The van der Waals surface area contributed by atoms with Gasteiger partial charge in [0.15, 0.2) is 0 Å². The zero-order valence-corrected chi connectivity index (χ0v) is 17.4. The summed E-state index contributed by atoms with van der Waals surface area (Å²) in [6.45, 7) is 4.00. The number of ether oxygens (including phenoxy) is 1. The van der Waals surface area contributed by atoms with Gasteiger partial charge in [-0.05, 0) is 0 Å². The topological polar surface area (TPSA) is 63.1 Å². The number of allylic oxidation sites excluding steroid dienone is 4. The van der Waals surface area contributed by atoms with E-state index in [-0.39, 0.29) is 21.1 Å². The van der Waals surface area contributed by atoms with Crippen LogP contribution in [-0.4, -0.2) is 39.0 Å². The van der Waals surface area contributed by atoms with E-state index in [0.29, 0.717) is 5.70 Å². The number of quaternary nitrogens is 1. The number of aliphatic hydroxyl groups is 1. The van der Waals surface area contributed by atoms with E-state index in [4.69, 9.17) is 4.74 Å². The first-order chi connectivity index (χ1) is 11.1. The van der Waals surface area contributed by atoms with Gasteiger partial charge in [0.25, 0.3) is 0 Å². The normalized spacial score (nSPS) is 28.0. The molecule has 0 saturated heterocycles. The number of hydrogen-bond donors (Lipinski definition) is 2. The van der Waals surface area contributed by atoms with Crippen LogP contribution in [-0.2, 0) is 9.53 Å². The van der Waals surface area contributed by atoms with Gasteiger partial charge in [-0.2, -0.15) is 0 Å². The molecule has 2 rings (SSSR count). The Morgan fingerprint density at radius 2 is 2.00 bits per heavy atom. The number of methoxy groups -OCH3 is 1. The molecule has 23 heavy (non-hydrogen) atoms. The second-order valence-electron chi connectivity index (χ2n) is 5.31. The zero-order chi connectivity index (χ0) is 17.3. The fourth-order valence-electron chi connectivity index (χ4n) is 2.62. The summed E-state index contributed by atoms with van der Waals surface area (Å²) in [5.41, 5.74) is -0.152. The number of halogens is 1. The molecule has 0 aromatic rings. The molecule has 0 aromatic carbocycles. The quantitative estimate of drug-likeness (QED) is 0.500. The van der Waals surface area contributed by atoms with Crippen LogP contribution in [0.15, 0.2) is 32.9 Å². The molecule has 0 atom stereocenters. The minimum absolute atomic E-state index is 0.0725. The first kappa shape index (κ1) is 20.7. The molecular weight excluding hydrogens is 425 g/mol. The van der Waals surface area contributed by atoms with Crippen LogP contribution in [0.25, 0.3) is 0 Å². The van der Waals surface area contributed by atoms with Gasteiger partial charge < -0.3 is 0 Å². The average molecular weight is 452 g/mol. The van der Waals surface area contributed by atoms with Crippen molar-refractivity contribution in [1.29, 1.82) is 0 Å². The average Bonchev–Trinajstić information content (AvgIpc) is 2.67. The predicted octanol–water partition coefficient (Wildman–Crippen LogP) is 2.51. The van der Waals surface area contributed by atoms with E-state index in [1.54, 1.807) is 6.08 Å². The number of carbonyl (C=O) groups excluding carboxylic acids is 1. The van der Waals surface area contributed by atoms with Crippen LogP contribution in [0.4, 0.5) is 0 Å². The molecule has 1 heterocycles. The van der Waals surface area contributed by atoms with Crippen LogP contribution >= 0.6 is 15.9 Å². The van der Waals surface area contributed by atoms with Crippen LogP contribution in [0, 0.1) is 0 Å². The van der Waals surface area contributed by atoms with Crippen molar-refractivity contribution in [2.45, 2.75) is 58.0 Å². The molecule has 0 aromatic heterocycles. The molecule has 0 spiro atoms. The molecular formula is C17H27BrNO3Se+. The van der Waals surface area contributed by atoms with E-state index < -0.39 is 5.60 Å². The summed E-state index contributed by atoms with van der Waals surface area (Å²) in [6.07, 6.45) is 11.3. The van der Waals surface area contributed by atoms with Gasteiger partial charge in [-0.15, -0.1) is 0 Å². The Kier molecular flexibility index (Phi) is 9.40. The van der Waals surface area contributed by atoms with E-state index in [9.17, 15) is 9.90 Å². The Morgan fingerprint density at radius 3 is 2.61 bits per heavy atom. The summed E-state index contributed by atoms with van der Waals surface area (Å²) in [5, 5.41) is 11.0. The number of hydrogen-bond acceptors (Lipinski definition) is 3. The first-order valence-electron chi connectivity index (χ1n) is 8.13. The van der Waals surface area contributed by atoms with Crippen molar-refractivity contribution in [1.82, 2.24) is 0 Å². The Morgan fingerprint density at radius 1 is 1.35 bits per heavy atom. The van der Waals surface area contributed by atoms with Gasteiger partial charge in [0.2, 0.25) is 0 Å². The Balaban J connectivity index is 0.00000127. The molecule has 0 radical (unpaired) electrons. The Hall–Kier alpha value is -0.391. The van der Waals surface area contributed by atoms with Crippen LogP contribution in [0.3, 0.4) is 0 Å². The van der Waals surface area contributed by atoms with Crippen molar-refractivity contribution < 1.29 is 19.0 Å². The monoisotopic (exact) mass is 452 g/mol. The summed E-state index contributed by atoms with van der Waals surface area (Å²) in [6, 6.07) is 0. The molecule has 1 aliphatic carbocycles. The third-order valence-corrected chi connectivity index (χ3v) is 7.68. The standard InChI is InChI=1S/C15H20BrNO3Se.C2H6/c1-20-14(18)12-8-4-3-7-11(16)13(21-17-12)15(19)9-5-2-6-10-15;1-2/h3-4,8,17,19H,2,5-7,9-10H2,1H3;1-2H3/p+1/b4-3-,12-8-,13-11+;. The molecule has 3 N–H and O–H groups in total. The maximum atomic E-state index is 11.8. The summed E-state index contributed by atoms with van der Waals surface area (Å²) in [7, 11) is 1.39. The fraction of sp³-hybridized carbons (Fsp3) is 0.588. The van der Waals surface area contributed by atoms with E-state index in [1.807, 2.05) is 30.3 Å². The molecule has 0 amide bonds. The summed E-state index contributed by atoms with van der Waals surface area (Å²) in [5.74, 6) is -0.325. The van der Waals surface area contributed by atoms with Gasteiger partial charge in [0.1, 0.15) is 0 Å². The molecule has 2 aliphatic rings. The third-order valence-electron chi connectivity index (χ3n) is 3.78. The minimum atomic E-state index is -0.715. The third kappa shape index (κ3) is 5.87. The zero-order valence-electron chi connectivity index (χ0n) is 14.1. The van der Waals surface area contributed by atoms with Gasteiger partial charge in [0, 0.05) is 0 Å². The van der Waals surface area contributed by atoms with E-state index in [2.05, 4.69) is 15.9 Å². The Labute approximate surface area is 153 Å². The second-order valence-corrected chi connectivity index (χ2v) is 8.11. The van der Waals surface area contributed by atoms with E-state index >= 15 is 0 Å². The SMILES string of the molecule is CC.COC(=O)/C1=C/C=C\C/C(Br)=C(/C2(O)CCCCC2)[Se][NH2+]1. The molecule has 0 bridgehead atoms. The Bertz CT molecular complexity index is 494. The summed E-state index contributed by atoms with van der Waals surface area (Å²) >= 11 is 3.57. The number of rotatable bonds is 2. The number of esters is 1. The van der Waals surface area contributed by atoms with Crippen molar-refractivity contribution in [2.75, 3.05) is 7.11 Å². The molecule has 0 unspecified atom stereocenters. The van der Waals surface area contributed by atoms with Gasteiger partial charge in [0.05, 0.1) is 0 Å². The van der Waals surface area contributed by atoms with Gasteiger partial charge in [-0.25, -0.2) is 0 Å².